The van der Waals surface area contributed by atoms with E-state index in [1.165, 1.54) is 18.3 Å². The standard InChI is InChI=1S/C14H15ClN2O2S/c1-2-5-11-6-3-4-7-13(11)17-20(18,19)12-8-9-14(15)16-10-12/h3-4,6-10,17H,2,5H2,1H3. The maximum absolute atomic E-state index is 12.3. The number of hydrogen-bond acceptors (Lipinski definition) is 3. The van der Waals surface area contributed by atoms with Crippen LogP contribution in [0, 0.1) is 0 Å². The molecule has 0 aliphatic rings. The highest BCUT2D eigenvalue weighted by Gasteiger charge is 2.16. The predicted molar refractivity (Wildman–Crippen MR) is 80.5 cm³/mol. The van der Waals surface area contributed by atoms with Crippen molar-refractivity contribution in [3.63, 3.8) is 0 Å². The summed E-state index contributed by atoms with van der Waals surface area (Å²) in [7, 11) is -3.64. The largest absolute Gasteiger partial charge is 0.279 e. The SMILES string of the molecule is CCCc1ccccc1NS(=O)(=O)c1ccc(Cl)nc1. The van der Waals surface area contributed by atoms with Gasteiger partial charge in [0.1, 0.15) is 10.0 Å². The van der Waals surface area contributed by atoms with Crippen molar-refractivity contribution in [2.75, 3.05) is 4.72 Å². The maximum Gasteiger partial charge on any atom is 0.263 e. The Morgan fingerprint density at radius 2 is 1.95 bits per heavy atom. The van der Waals surface area contributed by atoms with Crippen LogP contribution in [-0.4, -0.2) is 13.4 Å². The van der Waals surface area contributed by atoms with Crippen LogP contribution in [0.3, 0.4) is 0 Å². The van der Waals surface area contributed by atoms with Crippen molar-refractivity contribution in [1.29, 1.82) is 0 Å². The summed E-state index contributed by atoms with van der Waals surface area (Å²) in [4.78, 5) is 3.88. The van der Waals surface area contributed by atoms with Crippen molar-refractivity contribution in [2.45, 2.75) is 24.7 Å². The monoisotopic (exact) mass is 310 g/mol. The summed E-state index contributed by atoms with van der Waals surface area (Å²) in [6.45, 7) is 2.05. The molecule has 0 fully saturated rings. The van der Waals surface area contributed by atoms with Gasteiger partial charge in [-0.3, -0.25) is 4.72 Å². The number of nitrogens with zero attached hydrogens (tertiary/aromatic N) is 1. The minimum absolute atomic E-state index is 0.0909. The second-order valence-corrected chi connectivity index (χ2v) is 6.40. The molecule has 4 nitrogen and oxygen atoms in total. The van der Waals surface area contributed by atoms with Gasteiger partial charge in [-0.05, 0) is 30.2 Å². The van der Waals surface area contributed by atoms with Crippen LogP contribution in [0.25, 0.3) is 0 Å². The molecule has 0 spiro atoms. The van der Waals surface area contributed by atoms with Crippen LogP contribution in [0.15, 0.2) is 47.5 Å². The predicted octanol–water partition coefficient (Wildman–Crippen LogP) is 3.49. The number of aryl methyl sites for hydroxylation is 1. The van der Waals surface area contributed by atoms with Crippen LogP contribution in [0.5, 0.6) is 0 Å². The van der Waals surface area contributed by atoms with Crippen molar-refractivity contribution in [1.82, 2.24) is 4.98 Å². The van der Waals surface area contributed by atoms with Crippen LogP contribution in [0.1, 0.15) is 18.9 Å². The highest BCUT2D eigenvalue weighted by molar-refractivity contribution is 7.92. The van der Waals surface area contributed by atoms with Crippen molar-refractivity contribution in [3.8, 4) is 0 Å². The van der Waals surface area contributed by atoms with E-state index in [9.17, 15) is 8.42 Å². The number of nitrogens with one attached hydrogen (secondary N) is 1. The topological polar surface area (TPSA) is 59.1 Å². The highest BCUT2D eigenvalue weighted by Crippen LogP contribution is 2.21. The molecule has 6 heteroatoms. The molecule has 0 amide bonds. The Labute approximate surface area is 123 Å². The van der Waals surface area contributed by atoms with E-state index < -0.39 is 10.0 Å². The third-order valence-corrected chi connectivity index (χ3v) is 4.37. The summed E-state index contributed by atoms with van der Waals surface area (Å²) in [5, 5.41) is 0.260. The first-order valence-electron chi connectivity index (χ1n) is 6.25. The van der Waals surface area contributed by atoms with E-state index in [0.717, 1.165) is 18.4 Å². The van der Waals surface area contributed by atoms with Gasteiger partial charge in [0, 0.05) is 6.20 Å². The number of hydrogen-bond donors (Lipinski definition) is 1. The van der Waals surface area contributed by atoms with Gasteiger partial charge in [-0.2, -0.15) is 0 Å². The molecule has 0 radical (unpaired) electrons. The normalized spacial score (nSPS) is 11.3. The van der Waals surface area contributed by atoms with Gasteiger partial charge in [-0.15, -0.1) is 0 Å². The fourth-order valence-corrected chi connectivity index (χ4v) is 2.99. The van der Waals surface area contributed by atoms with Crippen molar-refractivity contribution >= 4 is 27.3 Å². The summed E-state index contributed by atoms with van der Waals surface area (Å²) < 4.78 is 27.1. The molecule has 0 saturated heterocycles. The average molecular weight is 311 g/mol. The van der Waals surface area contributed by atoms with Crippen molar-refractivity contribution in [3.05, 3.63) is 53.3 Å². The number of halogens is 1. The zero-order chi connectivity index (χ0) is 14.6. The molecule has 106 valence electrons. The van der Waals surface area contributed by atoms with E-state index in [2.05, 4.69) is 9.71 Å². The number of pyridine rings is 1. The molecular formula is C14H15ClN2O2S. The van der Waals surface area contributed by atoms with Gasteiger partial charge in [0.15, 0.2) is 0 Å². The Morgan fingerprint density at radius 3 is 2.60 bits per heavy atom. The molecule has 1 aromatic carbocycles. The second-order valence-electron chi connectivity index (χ2n) is 4.33. The van der Waals surface area contributed by atoms with Gasteiger partial charge >= 0.3 is 0 Å². The summed E-state index contributed by atoms with van der Waals surface area (Å²) in [6.07, 6.45) is 3.01. The van der Waals surface area contributed by atoms with E-state index in [-0.39, 0.29) is 10.0 Å². The Morgan fingerprint density at radius 1 is 1.20 bits per heavy atom. The van der Waals surface area contributed by atoms with E-state index >= 15 is 0 Å². The van der Waals surface area contributed by atoms with Crippen molar-refractivity contribution < 1.29 is 8.42 Å². The zero-order valence-corrected chi connectivity index (χ0v) is 12.6. The van der Waals surface area contributed by atoms with Gasteiger partial charge in [0.05, 0.1) is 5.69 Å². The van der Waals surface area contributed by atoms with Crippen LogP contribution in [-0.2, 0) is 16.4 Å². The van der Waals surface area contributed by atoms with Crippen LogP contribution in [0.4, 0.5) is 5.69 Å². The van der Waals surface area contributed by atoms with Gasteiger partial charge < -0.3 is 0 Å². The van der Waals surface area contributed by atoms with E-state index in [1.54, 1.807) is 12.1 Å². The lowest BCUT2D eigenvalue weighted by molar-refractivity contribution is 0.600. The lowest BCUT2D eigenvalue weighted by Gasteiger charge is -2.12. The Bertz CT molecular complexity index is 685. The molecule has 0 aliphatic heterocycles. The number of rotatable bonds is 5. The van der Waals surface area contributed by atoms with E-state index in [4.69, 9.17) is 11.6 Å². The molecule has 0 saturated carbocycles. The molecule has 0 aliphatic carbocycles. The van der Waals surface area contributed by atoms with Gasteiger partial charge in [0.25, 0.3) is 10.0 Å². The number of para-hydroxylation sites is 1. The third kappa shape index (κ3) is 3.49. The average Bonchev–Trinajstić information content (AvgIpc) is 2.41. The highest BCUT2D eigenvalue weighted by atomic mass is 35.5. The molecule has 1 heterocycles. The quantitative estimate of drug-likeness (QED) is 0.860. The molecule has 0 unspecified atom stereocenters. The van der Waals surface area contributed by atoms with Crippen LogP contribution in [0.2, 0.25) is 5.15 Å². The summed E-state index contributed by atoms with van der Waals surface area (Å²) >= 11 is 5.66. The summed E-state index contributed by atoms with van der Waals surface area (Å²) in [6, 6.07) is 10.3. The number of sulfonamides is 1. The number of benzene rings is 1. The zero-order valence-electron chi connectivity index (χ0n) is 11.0. The lowest BCUT2D eigenvalue weighted by atomic mass is 10.1. The van der Waals surface area contributed by atoms with Crippen LogP contribution >= 0.6 is 11.6 Å². The fraction of sp³-hybridized carbons (Fsp3) is 0.214. The summed E-state index contributed by atoms with van der Waals surface area (Å²) in [5.74, 6) is 0. The number of aromatic nitrogens is 1. The number of anilines is 1. The maximum atomic E-state index is 12.3. The first-order chi connectivity index (χ1) is 9.53. The smallest absolute Gasteiger partial charge is 0.263 e. The lowest BCUT2D eigenvalue weighted by Crippen LogP contribution is -2.14. The molecule has 2 aromatic rings. The molecule has 1 N–H and O–H groups in total. The molecule has 0 atom stereocenters. The van der Waals surface area contributed by atoms with Crippen molar-refractivity contribution in [2.24, 2.45) is 0 Å². The Balaban J connectivity index is 2.31. The molecule has 2 rings (SSSR count). The first-order valence-corrected chi connectivity index (χ1v) is 8.11. The second kappa shape index (κ2) is 6.24. The van der Waals surface area contributed by atoms with E-state index in [1.807, 2.05) is 19.1 Å². The minimum atomic E-state index is -3.64. The Hall–Kier alpha value is -1.59. The Kier molecular flexibility index (Phi) is 4.62. The third-order valence-electron chi connectivity index (χ3n) is 2.79. The van der Waals surface area contributed by atoms with Gasteiger partial charge in [0.2, 0.25) is 0 Å². The first kappa shape index (κ1) is 14.8. The van der Waals surface area contributed by atoms with Gasteiger partial charge in [-0.25, -0.2) is 13.4 Å². The fourth-order valence-electron chi connectivity index (χ4n) is 1.83. The van der Waals surface area contributed by atoms with E-state index in [0.29, 0.717) is 5.69 Å². The molecular weight excluding hydrogens is 296 g/mol. The van der Waals surface area contributed by atoms with Gasteiger partial charge in [-0.1, -0.05) is 43.1 Å². The molecule has 1 aromatic heterocycles. The minimum Gasteiger partial charge on any atom is -0.279 e. The molecule has 20 heavy (non-hydrogen) atoms. The summed E-state index contributed by atoms with van der Waals surface area (Å²) in [5.41, 5.74) is 1.57. The molecule has 0 bridgehead atoms. The van der Waals surface area contributed by atoms with Crippen LogP contribution < -0.4 is 4.72 Å².